The van der Waals surface area contributed by atoms with Crippen molar-refractivity contribution in [2.24, 2.45) is 0 Å². The van der Waals surface area contributed by atoms with E-state index in [1.165, 1.54) is 13.2 Å². The molecule has 0 aliphatic heterocycles. The molecule has 0 bridgehead atoms. The lowest BCUT2D eigenvalue weighted by Crippen LogP contribution is -2.22. The van der Waals surface area contributed by atoms with E-state index in [1.54, 1.807) is 0 Å². The fourth-order valence-electron chi connectivity index (χ4n) is 1.56. The van der Waals surface area contributed by atoms with Crippen LogP contribution in [0.3, 0.4) is 0 Å². The number of nitro groups is 1. The van der Waals surface area contributed by atoms with E-state index in [2.05, 4.69) is 5.32 Å². The highest BCUT2D eigenvalue weighted by molar-refractivity contribution is 5.59. The maximum atomic E-state index is 13.7. The zero-order valence-corrected chi connectivity index (χ0v) is 11.1. The number of anilines is 1. The third-order valence-electron chi connectivity index (χ3n) is 2.44. The Morgan fingerprint density at radius 2 is 2.21 bits per heavy atom. The van der Waals surface area contributed by atoms with Gasteiger partial charge in [-0.2, -0.15) is 0 Å². The third kappa shape index (κ3) is 4.06. The van der Waals surface area contributed by atoms with Crippen LogP contribution < -0.4 is 10.1 Å². The van der Waals surface area contributed by atoms with Crippen LogP contribution in [-0.2, 0) is 4.74 Å². The summed E-state index contributed by atoms with van der Waals surface area (Å²) >= 11 is 0. The van der Waals surface area contributed by atoms with Crippen molar-refractivity contribution in [2.75, 3.05) is 25.6 Å². The maximum absolute atomic E-state index is 13.7. The minimum atomic E-state index is -0.698. The first-order valence-electron chi connectivity index (χ1n) is 5.85. The number of nitrogens with one attached hydrogen (secondary N) is 1. The van der Waals surface area contributed by atoms with E-state index < -0.39 is 16.4 Å². The van der Waals surface area contributed by atoms with Crippen molar-refractivity contribution >= 4 is 11.4 Å². The van der Waals surface area contributed by atoms with Crippen LogP contribution in [0.25, 0.3) is 0 Å². The SMILES string of the molecule is CCOCC(C)Nc1cc(OC)c([N+](=O)[O-])cc1F. The van der Waals surface area contributed by atoms with Crippen molar-refractivity contribution in [3.05, 3.63) is 28.1 Å². The largest absolute Gasteiger partial charge is 0.490 e. The van der Waals surface area contributed by atoms with Crippen molar-refractivity contribution in [1.29, 1.82) is 0 Å². The number of methoxy groups -OCH3 is 1. The van der Waals surface area contributed by atoms with Crippen LogP contribution in [-0.4, -0.2) is 31.3 Å². The first-order chi connectivity index (χ1) is 8.99. The highest BCUT2D eigenvalue weighted by atomic mass is 19.1. The zero-order chi connectivity index (χ0) is 14.4. The van der Waals surface area contributed by atoms with Crippen molar-refractivity contribution in [3.63, 3.8) is 0 Å². The van der Waals surface area contributed by atoms with Crippen LogP contribution in [0.15, 0.2) is 12.1 Å². The van der Waals surface area contributed by atoms with Gasteiger partial charge in [0.2, 0.25) is 0 Å². The summed E-state index contributed by atoms with van der Waals surface area (Å²) in [6.07, 6.45) is 0. The average molecular weight is 272 g/mol. The molecule has 0 radical (unpaired) electrons. The third-order valence-corrected chi connectivity index (χ3v) is 2.44. The minimum absolute atomic E-state index is 0.0116. The van der Waals surface area contributed by atoms with Crippen LogP contribution in [0.5, 0.6) is 5.75 Å². The van der Waals surface area contributed by atoms with Crippen LogP contribution >= 0.6 is 0 Å². The highest BCUT2D eigenvalue weighted by Crippen LogP contribution is 2.32. The molecule has 1 aromatic rings. The average Bonchev–Trinajstić information content (AvgIpc) is 2.38. The van der Waals surface area contributed by atoms with Gasteiger partial charge in [0.05, 0.1) is 30.4 Å². The number of nitrogens with zero attached hydrogens (tertiary/aromatic N) is 1. The Kier molecular flexibility index (Phi) is 5.50. The van der Waals surface area contributed by atoms with Gasteiger partial charge in [0.25, 0.3) is 0 Å². The number of hydrogen-bond acceptors (Lipinski definition) is 5. The standard InChI is InChI=1S/C12H17FN2O4/c1-4-19-7-8(2)14-10-6-12(18-3)11(15(16)17)5-9(10)13/h5-6,8,14H,4,7H2,1-3H3. The van der Waals surface area contributed by atoms with Crippen LogP contribution in [0.1, 0.15) is 13.8 Å². The lowest BCUT2D eigenvalue weighted by Gasteiger charge is -2.16. The molecule has 0 amide bonds. The molecule has 106 valence electrons. The lowest BCUT2D eigenvalue weighted by atomic mass is 10.2. The molecule has 1 aromatic carbocycles. The van der Waals surface area contributed by atoms with E-state index >= 15 is 0 Å². The summed E-state index contributed by atoms with van der Waals surface area (Å²) in [5, 5.41) is 13.6. The molecule has 0 aliphatic carbocycles. The van der Waals surface area contributed by atoms with Crippen molar-refractivity contribution in [2.45, 2.75) is 19.9 Å². The molecule has 1 unspecified atom stereocenters. The summed E-state index contributed by atoms with van der Waals surface area (Å²) in [5.41, 5.74) is -0.252. The van der Waals surface area contributed by atoms with Gasteiger partial charge in [-0.25, -0.2) is 4.39 Å². The van der Waals surface area contributed by atoms with Crippen LogP contribution in [0.2, 0.25) is 0 Å². The number of ether oxygens (including phenoxy) is 2. The van der Waals surface area contributed by atoms with Gasteiger partial charge in [-0.05, 0) is 13.8 Å². The topological polar surface area (TPSA) is 73.6 Å². The molecule has 0 aromatic heterocycles. The summed E-state index contributed by atoms with van der Waals surface area (Å²) in [6, 6.07) is 1.99. The smallest absolute Gasteiger partial charge is 0.313 e. The molecule has 1 rings (SSSR count). The molecule has 0 spiro atoms. The number of rotatable bonds is 7. The quantitative estimate of drug-likeness (QED) is 0.610. The second-order valence-corrected chi connectivity index (χ2v) is 3.97. The molecule has 0 fully saturated rings. The Morgan fingerprint density at radius 1 is 1.53 bits per heavy atom. The molecule has 0 aliphatic rings. The van der Waals surface area contributed by atoms with Crippen molar-refractivity contribution in [3.8, 4) is 5.75 Å². The van der Waals surface area contributed by atoms with E-state index in [4.69, 9.17) is 9.47 Å². The maximum Gasteiger partial charge on any atom is 0.313 e. The Labute approximate surface area is 110 Å². The van der Waals surface area contributed by atoms with E-state index in [0.29, 0.717) is 13.2 Å². The van der Waals surface area contributed by atoms with E-state index in [0.717, 1.165) is 6.07 Å². The Morgan fingerprint density at radius 3 is 2.74 bits per heavy atom. The molecule has 0 heterocycles. The van der Waals surface area contributed by atoms with Gasteiger partial charge in [-0.3, -0.25) is 10.1 Å². The van der Waals surface area contributed by atoms with E-state index in [-0.39, 0.29) is 17.5 Å². The summed E-state index contributed by atoms with van der Waals surface area (Å²) in [5.74, 6) is -0.687. The van der Waals surface area contributed by atoms with Crippen molar-refractivity contribution in [1.82, 2.24) is 0 Å². The fourth-order valence-corrected chi connectivity index (χ4v) is 1.56. The van der Waals surface area contributed by atoms with Gasteiger partial charge >= 0.3 is 5.69 Å². The van der Waals surface area contributed by atoms with Crippen molar-refractivity contribution < 1.29 is 18.8 Å². The number of nitro benzene ring substituents is 1. The van der Waals surface area contributed by atoms with E-state index in [9.17, 15) is 14.5 Å². The predicted octanol–water partition coefficient (Wildman–Crippen LogP) is 2.58. The molecular weight excluding hydrogens is 255 g/mol. The fraction of sp³-hybridized carbons (Fsp3) is 0.500. The molecule has 1 N–H and O–H groups in total. The molecule has 0 saturated carbocycles. The molecule has 6 nitrogen and oxygen atoms in total. The van der Waals surface area contributed by atoms with Gasteiger partial charge in [0, 0.05) is 18.7 Å². The Balaban J connectivity index is 2.93. The molecule has 0 saturated heterocycles. The van der Waals surface area contributed by atoms with Gasteiger partial charge in [0.1, 0.15) is 0 Å². The Bertz CT molecular complexity index is 454. The Hall–Kier alpha value is -1.89. The summed E-state index contributed by atoms with van der Waals surface area (Å²) in [6.45, 7) is 4.67. The molecule has 19 heavy (non-hydrogen) atoms. The van der Waals surface area contributed by atoms with Gasteiger partial charge in [-0.15, -0.1) is 0 Å². The zero-order valence-electron chi connectivity index (χ0n) is 11.1. The number of benzene rings is 1. The van der Waals surface area contributed by atoms with E-state index in [1.807, 2.05) is 13.8 Å². The second kappa shape index (κ2) is 6.89. The first-order valence-corrected chi connectivity index (χ1v) is 5.85. The van der Waals surface area contributed by atoms with Gasteiger partial charge in [-0.1, -0.05) is 0 Å². The van der Waals surface area contributed by atoms with Gasteiger partial charge in [0.15, 0.2) is 11.6 Å². The van der Waals surface area contributed by atoms with Crippen LogP contribution in [0, 0.1) is 15.9 Å². The predicted molar refractivity (Wildman–Crippen MR) is 69.2 cm³/mol. The molecular formula is C12H17FN2O4. The lowest BCUT2D eigenvalue weighted by molar-refractivity contribution is -0.385. The minimum Gasteiger partial charge on any atom is -0.490 e. The number of hydrogen-bond donors (Lipinski definition) is 1. The summed E-state index contributed by atoms with van der Waals surface area (Å²) in [4.78, 5) is 10.0. The van der Waals surface area contributed by atoms with Crippen LogP contribution in [0.4, 0.5) is 15.8 Å². The molecule has 1 atom stereocenters. The highest BCUT2D eigenvalue weighted by Gasteiger charge is 2.19. The monoisotopic (exact) mass is 272 g/mol. The normalized spacial score (nSPS) is 12.0. The summed E-state index contributed by atoms with van der Waals surface area (Å²) in [7, 11) is 1.30. The first kappa shape index (κ1) is 15.2. The second-order valence-electron chi connectivity index (χ2n) is 3.97. The summed E-state index contributed by atoms with van der Waals surface area (Å²) < 4.78 is 23.8. The number of halogens is 1. The van der Waals surface area contributed by atoms with Gasteiger partial charge < -0.3 is 14.8 Å². The molecule has 7 heteroatoms.